The molecule has 76 valence electrons. The molecule has 2 N–H and O–H groups in total. The van der Waals surface area contributed by atoms with E-state index in [2.05, 4.69) is 15.5 Å². The molecule has 1 unspecified atom stereocenters. The highest BCUT2D eigenvalue weighted by atomic mass is 16.2. The molecule has 1 atom stereocenters. The summed E-state index contributed by atoms with van der Waals surface area (Å²) in [6.07, 6.45) is 1.60. The summed E-state index contributed by atoms with van der Waals surface area (Å²) in [4.78, 5) is 13.8. The summed E-state index contributed by atoms with van der Waals surface area (Å²) in [5.74, 6) is 0.0384. The standard InChI is InChI=1S/C9H14N4O/c1-7-6-10-4-5-13(7)9(14)8-2-3-11-12-8/h2-3,7,10H,4-6H2,1H3,(H,11,12). The van der Waals surface area contributed by atoms with Crippen molar-refractivity contribution < 1.29 is 4.79 Å². The van der Waals surface area contributed by atoms with E-state index in [1.54, 1.807) is 12.3 Å². The first kappa shape index (κ1) is 9.21. The van der Waals surface area contributed by atoms with Gasteiger partial charge in [-0.05, 0) is 13.0 Å². The van der Waals surface area contributed by atoms with E-state index in [9.17, 15) is 4.79 Å². The zero-order chi connectivity index (χ0) is 9.97. The van der Waals surface area contributed by atoms with Crippen LogP contribution in [-0.2, 0) is 0 Å². The first-order chi connectivity index (χ1) is 6.79. The molecular formula is C9H14N4O. The Kier molecular flexibility index (Phi) is 2.49. The van der Waals surface area contributed by atoms with Crippen LogP contribution in [0.15, 0.2) is 12.3 Å². The van der Waals surface area contributed by atoms with E-state index in [0.717, 1.165) is 19.6 Å². The van der Waals surface area contributed by atoms with Crippen molar-refractivity contribution in [3.8, 4) is 0 Å². The summed E-state index contributed by atoms with van der Waals surface area (Å²) in [5.41, 5.74) is 0.568. The third kappa shape index (κ3) is 1.63. The van der Waals surface area contributed by atoms with Crippen molar-refractivity contribution in [2.24, 2.45) is 0 Å². The average Bonchev–Trinajstić information content (AvgIpc) is 2.70. The van der Waals surface area contributed by atoms with Gasteiger partial charge in [-0.15, -0.1) is 0 Å². The van der Waals surface area contributed by atoms with Crippen LogP contribution < -0.4 is 5.32 Å². The van der Waals surface area contributed by atoms with Gasteiger partial charge in [0.25, 0.3) is 5.91 Å². The fraction of sp³-hybridized carbons (Fsp3) is 0.556. The van der Waals surface area contributed by atoms with Crippen LogP contribution in [0.5, 0.6) is 0 Å². The molecule has 14 heavy (non-hydrogen) atoms. The molecule has 5 heteroatoms. The van der Waals surface area contributed by atoms with E-state index in [1.165, 1.54) is 0 Å². The molecule has 1 aromatic heterocycles. The number of piperazine rings is 1. The first-order valence-electron chi connectivity index (χ1n) is 4.80. The van der Waals surface area contributed by atoms with Gasteiger partial charge in [-0.2, -0.15) is 5.10 Å². The molecule has 0 aromatic carbocycles. The lowest BCUT2D eigenvalue weighted by Crippen LogP contribution is -2.52. The van der Waals surface area contributed by atoms with E-state index < -0.39 is 0 Å². The van der Waals surface area contributed by atoms with Crippen molar-refractivity contribution in [3.63, 3.8) is 0 Å². The van der Waals surface area contributed by atoms with Crippen LogP contribution in [0.2, 0.25) is 0 Å². The van der Waals surface area contributed by atoms with Gasteiger partial charge in [-0.1, -0.05) is 0 Å². The molecule has 1 aromatic rings. The second kappa shape index (κ2) is 3.79. The van der Waals surface area contributed by atoms with Crippen molar-refractivity contribution >= 4 is 5.91 Å². The molecule has 2 rings (SSSR count). The maximum absolute atomic E-state index is 11.9. The molecule has 0 aliphatic carbocycles. The fourth-order valence-electron chi connectivity index (χ4n) is 1.67. The number of rotatable bonds is 1. The Morgan fingerprint density at radius 1 is 1.71 bits per heavy atom. The van der Waals surface area contributed by atoms with Crippen LogP contribution in [0.1, 0.15) is 17.4 Å². The SMILES string of the molecule is CC1CNCCN1C(=O)c1ccn[nH]1. The molecule has 1 amide bonds. The number of carbonyl (C=O) groups is 1. The number of H-pyrrole nitrogens is 1. The summed E-state index contributed by atoms with van der Waals surface area (Å²) in [7, 11) is 0. The average molecular weight is 194 g/mol. The zero-order valence-corrected chi connectivity index (χ0v) is 8.16. The number of nitrogens with zero attached hydrogens (tertiary/aromatic N) is 2. The lowest BCUT2D eigenvalue weighted by Gasteiger charge is -2.33. The molecule has 1 aliphatic heterocycles. The Hall–Kier alpha value is -1.36. The van der Waals surface area contributed by atoms with Gasteiger partial charge in [0.05, 0.1) is 0 Å². The fourth-order valence-corrected chi connectivity index (χ4v) is 1.67. The highest BCUT2D eigenvalue weighted by molar-refractivity contribution is 5.92. The van der Waals surface area contributed by atoms with E-state index in [-0.39, 0.29) is 11.9 Å². The van der Waals surface area contributed by atoms with E-state index in [0.29, 0.717) is 5.69 Å². The molecule has 1 saturated heterocycles. The van der Waals surface area contributed by atoms with Gasteiger partial charge in [0.2, 0.25) is 0 Å². The smallest absolute Gasteiger partial charge is 0.272 e. The number of hydrogen-bond donors (Lipinski definition) is 2. The van der Waals surface area contributed by atoms with Gasteiger partial charge >= 0.3 is 0 Å². The Bertz CT molecular complexity index is 309. The topological polar surface area (TPSA) is 61.0 Å². The van der Waals surface area contributed by atoms with E-state index >= 15 is 0 Å². The second-order valence-corrected chi connectivity index (χ2v) is 3.52. The normalized spacial score (nSPS) is 22.4. The van der Waals surface area contributed by atoms with Crippen LogP contribution in [0.25, 0.3) is 0 Å². The molecule has 1 fully saturated rings. The maximum Gasteiger partial charge on any atom is 0.272 e. The number of amides is 1. The Morgan fingerprint density at radius 2 is 2.57 bits per heavy atom. The minimum absolute atomic E-state index is 0.0384. The summed E-state index contributed by atoms with van der Waals surface area (Å²) in [5, 5.41) is 9.71. The van der Waals surface area contributed by atoms with Gasteiger partial charge in [0.15, 0.2) is 0 Å². The van der Waals surface area contributed by atoms with Crippen LogP contribution in [0.4, 0.5) is 0 Å². The van der Waals surface area contributed by atoms with E-state index in [4.69, 9.17) is 0 Å². The highest BCUT2D eigenvalue weighted by Gasteiger charge is 2.24. The second-order valence-electron chi connectivity index (χ2n) is 3.52. The summed E-state index contributed by atoms with van der Waals surface area (Å²) in [6, 6.07) is 1.96. The number of aromatic nitrogens is 2. The Morgan fingerprint density at radius 3 is 3.21 bits per heavy atom. The predicted molar refractivity (Wildman–Crippen MR) is 52.0 cm³/mol. The minimum Gasteiger partial charge on any atom is -0.332 e. The molecule has 0 spiro atoms. The van der Waals surface area contributed by atoms with Crippen LogP contribution in [0.3, 0.4) is 0 Å². The summed E-state index contributed by atoms with van der Waals surface area (Å²) < 4.78 is 0. The van der Waals surface area contributed by atoms with Crippen molar-refractivity contribution in [1.82, 2.24) is 20.4 Å². The number of hydrogen-bond acceptors (Lipinski definition) is 3. The summed E-state index contributed by atoms with van der Waals surface area (Å²) in [6.45, 7) is 4.53. The molecule has 0 saturated carbocycles. The summed E-state index contributed by atoms with van der Waals surface area (Å²) >= 11 is 0. The molecule has 0 bridgehead atoms. The third-order valence-corrected chi connectivity index (χ3v) is 2.49. The van der Waals surface area contributed by atoms with E-state index in [1.807, 2.05) is 11.8 Å². The molecule has 2 heterocycles. The number of aromatic amines is 1. The zero-order valence-electron chi connectivity index (χ0n) is 8.16. The molecule has 1 aliphatic rings. The maximum atomic E-state index is 11.9. The molecule has 0 radical (unpaired) electrons. The lowest BCUT2D eigenvalue weighted by molar-refractivity contribution is 0.0649. The van der Waals surface area contributed by atoms with Gasteiger partial charge in [0.1, 0.15) is 5.69 Å². The van der Waals surface area contributed by atoms with Gasteiger partial charge < -0.3 is 10.2 Å². The number of nitrogens with one attached hydrogen (secondary N) is 2. The third-order valence-electron chi connectivity index (χ3n) is 2.49. The Labute approximate surface area is 82.5 Å². The largest absolute Gasteiger partial charge is 0.332 e. The van der Waals surface area contributed by atoms with Crippen LogP contribution in [-0.4, -0.2) is 46.7 Å². The van der Waals surface area contributed by atoms with Crippen molar-refractivity contribution in [2.45, 2.75) is 13.0 Å². The van der Waals surface area contributed by atoms with Gasteiger partial charge in [0, 0.05) is 31.9 Å². The highest BCUT2D eigenvalue weighted by Crippen LogP contribution is 2.07. The molecule has 5 nitrogen and oxygen atoms in total. The monoisotopic (exact) mass is 194 g/mol. The van der Waals surface area contributed by atoms with Gasteiger partial charge in [-0.25, -0.2) is 0 Å². The van der Waals surface area contributed by atoms with Crippen LogP contribution in [0, 0.1) is 0 Å². The lowest BCUT2D eigenvalue weighted by atomic mass is 10.2. The number of carbonyl (C=O) groups excluding carboxylic acids is 1. The van der Waals surface area contributed by atoms with Crippen molar-refractivity contribution in [2.75, 3.05) is 19.6 Å². The van der Waals surface area contributed by atoms with Gasteiger partial charge in [-0.3, -0.25) is 9.89 Å². The quantitative estimate of drug-likeness (QED) is 0.653. The predicted octanol–water partition coefficient (Wildman–Crippen LogP) is -0.156. The van der Waals surface area contributed by atoms with Crippen LogP contribution >= 0.6 is 0 Å². The first-order valence-corrected chi connectivity index (χ1v) is 4.80. The Balaban J connectivity index is 2.10. The molecular weight excluding hydrogens is 180 g/mol. The van der Waals surface area contributed by atoms with Crippen molar-refractivity contribution in [1.29, 1.82) is 0 Å². The minimum atomic E-state index is 0.0384. The van der Waals surface area contributed by atoms with Crippen molar-refractivity contribution in [3.05, 3.63) is 18.0 Å².